The molecule has 1 fully saturated rings. The number of amides is 1. The quantitative estimate of drug-likeness (QED) is 0.787. The largest absolute Gasteiger partial charge is 0.376 e. The zero-order chi connectivity index (χ0) is 15.1. The molecular weight excluding hydrogens is 264 g/mol. The minimum absolute atomic E-state index is 0.0542. The summed E-state index contributed by atoms with van der Waals surface area (Å²) in [5.41, 5.74) is 8.10. The van der Waals surface area contributed by atoms with E-state index in [4.69, 9.17) is 10.5 Å². The SMILES string of the molecule is Cc1ccccc1CC(=O)NCCOC1CCC(N)CC1. The summed E-state index contributed by atoms with van der Waals surface area (Å²) < 4.78 is 5.79. The molecule has 1 amide bonds. The van der Waals surface area contributed by atoms with E-state index in [0.29, 0.717) is 31.7 Å². The molecule has 0 saturated heterocycles. The van der Waals surface area contributed by atoms with Gasteiger partial charge in [0.15, 0.2) is 0 Å². The number of hydrogen-bond donors (Lipinski definition) is 2. The van der Waals surface area contributed by atoms with Crippen molar-refractivity contribution in [3.63, 3.8) is 0 Å². The Balaban J connectivity index is 1.60. The van der Waals surface area contributed by atoms with Gasteiger partial charge in [-0.15, -0.1) is 0 Å². The molecule has 116 valence electrons. The molecule has 0 bridgehead atoms. The van der Waals surface area contributed by atoms with Crippen LogP contribution in [0.4, 0.5) is 0 Å². The number of rotatable bonds is 6. The Morgan fingerprint density at radius 2 is 2.00 bits per heavy atom. The van der Waals surface area contributed by atoms with E-state index in [9.17, 15) is 4.79 Å². The van der Waals surface area contributed by atoms with Crippen molar-refractivity contribution < 1.29 is 9.53 Å². The highest BCUT2D eigenvalue weighted by molar-refractivity contribution is 5.78. The molecule has 4 heteroatoms. The Morgan fingerprint density at radius 3 is 2.71 bits per heavy atom. The van der Waals surface area contributed by atoms with Crippen LogP contribution in [-0.2, 0) is 16.0 Å². The number of nitrogens with one attached hydrogen (secondary N) is 1. The molecule has 1 aromatic carbocycles. The summed E-state index contributed by atoms with van der Waals surface area (Å²) in [7, 11) is 0. The molecule has 4 nitrogen and oxygen atoms in total. The molecule has 0 spiro atoms. The molecular formula is C17H26N2O2. The third kappa shape index (κ3) is 5.48. The Hall–Kier alpha value is -1.39. The van der Waals surface area contributed by atoms with Crippen LogP contribution in [0.5, 0.6) is 0 Å². The lowest BCUT2D eigenvalue weighted by atomic mass is 9.94. The van der Waals surface area contributed by atoms with E-state index in [0.717, 1.165) is 36.8 Å². The lowest BCUT2D eigenvalue weighted by Gasteiger charge is -2.26. The maximum Gasteiger partial charge on any atom is 0.224 e. The van der Waals surface area contributed by atoms with Gasteiger partial charge in [-0.2, -0.15) is 0 Å². The first-order valence-electron chi connectivity index (χ1n) is 7.83. The number of hydrogen-bond acceptors (Lipinski definition) is 3. The maximum absolute atomic E-state index is 11.9. The maximum atomic E-state index is 11.9. The predicted octanol–water partition coefficient (Wildman–Crippen LogP) is 1.94. The molecule has 1 aliphatic carbocycles. The van der Waals surface area contributed by atoms with Crippen LogP contribution in [-0.4, -0.2) is 31.2 Å². The fourth-order valence-electron chi connectivity index (χ4n) is 2.72. The highest BCUT2D eigenvalue weighted by Gasteiger charge is 2.18. The second kappa shape index (κ2) is 8.15. The second-order valence-corrected chi connectivity index (χ2v) is 5.86. The van der Waals surface area contributed by atoms with Crippen LogP contribution in [0.3, 0.4) is 0 Å². The van der Waals surface area contributed by atoms with Crippen molar-refractivity contribution in [2.45, 2.75) is 51.2 Å². The number of carbonyl (C=O) groups is 1. The summed E-state index contributed by atoms with van der Waals surface area (Å²) in [6.07, 6.45) is 4.93. The summed E-state index contributed by atoms with van der Waals surface area (Å²) in [5, 5.41) is 2.92. The van der Waals surface area contributed by atoms with Crippen LogP contribution in [0, 0.1) is 6.92 Å². The van der Waals surface area contributed by atoms with Crippen molar-refractivity contribution in [2.75, 3.05) is 13.2 Å². The fourth-order valence-corrected chi connectivity index (χ4v) is 2.72. The van der Waals surface area contributed by atoms with Crippen molar-refractivity contribution in [1.82, 2.24) is 5.32 Å². The van der Waals surface area contributed by atoms with Gasteiger partial charge in [0, 0.05) is 12.6 Å². The number of ether oxygens (including phenoxy) is 1. The summed E-state index contributed by atoms with van der Waals surface area (Å²) in [6.45, 7) is 3.19. The molecule has 0 radical (unpaired) electrons. The molecule has 0 heterocycles. The summed E-state index contributed by atoms with van der Waals surface area (Å²) in [6, 6.07) is 8.32. The van der Waals surface area contributed by atoms with Crippen molar-refractivity contribution in [1.29, 1.82) is 0 Å². The van der Waals surface area contributed by atoms with Gasteiger partial charge < -0.3 is 15.8 Å². The van der Waals surface area contributed by atoms with Gasteiger partial charge in [0.2, 0.25) is 5.91 Å². The minimum atomic E-state index is 0.0542. The number of aryl methyl sites for hydroxylation is 1. The third-order valence-corrected chi connectivity index (χ3v) is 4.11. The van der Waals surface area contributed by atoms with E-state index in [2.05, 4.69) is 5.32 Å². The molecule has 0 aromatic heterocycles. The molecule has 21 heavy (non-hydrogen) atoms. The topological polar surface area (TPSA) is 64.3 Å². The van der Waals surface area contributed by atoms with Crippen LogP contribution < -0.4 is 11.1 Å². The summed E-state index contributed by atoms with van der Waals surface area (Å²) >= 11 is 0. The van der Waals surface area contributed by atoms with E-state index in [-0.39, 0.29) is 5.91 Å². The first kappa shape index (κ1) is 16.0. The first-order chi connectivity index (χ1) is 10.1. The van der Waals surface area contributed by atoms with Gasteiger partial charge in [-0.3, -0.25) is 4.79 Å². The van der Waals surface area contributed by atoms with E-state index >= 15 is 0 Å². The molecule has 1 saturated carbocycles. The van der Waals surface area contributed by atoms with Crippen LogP contribution in [0.25, 0.3) is 0 Å². The Labute approximate surface area is 127 Å². The van der Waals surface area contributed by atoms with Gasteiger partial charge in [-0.05, 0) is 43.7 Å². The van der Waals surface area contributed by atoms with E-state index in [1.165, 1.54) is 0 Å². The lowest BCUT2D eigenvalue weighted by molar-refractivity contribution is -0.120. The Kier molecular flexibility index (Phi) is 6.21. The average molecular weight is 290 g/mol. The molecule has 1 aromatic rings. The summed E-state index contributed by atoms with van der Waals surface area (Å²) in [4.78, 5) is 11.9. The van der Waals surface area contributed by atoms with Crippen molar-refractivity contribution in [2.24, 2.45) is 5.73 Å². The van der Waals surface area contributed by atoms with Gasteiger partial charge >= 0.3 is 0 Å². The number of nitrogens with two attached hydrogens (primary N) is 1. The standard InChI is InChI=1S/C17H26N2O2/c1-13-4-2-3-5-14(13)12-17(20)19-10-11-21-16-8-6-15(18)7-9-16/h2-5,15-16H,6-12,18H2,1H3,(H,19,20). The van der Waals surface area contributed by atoms with Crippen molar-refractivity contribution in [3.8, 4) is 0 Å². The van der Waals surface area contributed by atoms with E-state index in [1.54, 1.807) is 0 Å². The van der Waals surface area contributed by atoms with Gasteiger partial charge in [-0.25, -0.2) is 0 Å². The highest BCUT2D eigenvalue weighted by Crippen LogP contribution is 2.19. The third-order valence-electron chi connectivity index (χ3n) is 4.11. The van der Waals surface area contributed by atoms with Gasteiger partial charge in [0.1, 0.15) is 0 Å². The summed E-state index contributed by atoms with van der Waals surface area (Å²) in [5.74, 6) is 0.0542. The predicted molar refractivity (Wildman–Crippen MR) is 84.1 cm³/mol. The van der Waals surface area contributed by atoms with Crippen LogP contribution in [0.15, 0.2) is 24.3 Å². The van der Waals surface area contributed by atoms with E-state index < -0.39 is 0 Å². The zero-order valence-corrected chi connectivity index (χ0v) is 12.8. The zero-order valence-electron chi connectivity index (χ0n) is 12.8. The van der Waals surface area contributed by atoms with Gasteiger partial charge in [0.25, 0.3) is 0 Å². The molecule has 0 unspecified atom stereocenters. The second-order valence-electron chi connectivity index (χ2n) is 5.86. The molecule has 0 atom stereocenters. The molecule has 1 aliphatic rings. The lowest BCUT2D eigenvalue weighted by Crippen LogP contribution is -2.33. The van der Waals surface area contributed by atoms with Crippen molar-refractivity contribution >= 4 is 5.91 Å². The highest BCUT2D eigenvalue weighted by atomic mass is 16.5. The first-order valence-corrected chi connectivity index (χ1v) is 7.83. The van der Waals surface area contributed by atoms with Crippen LogP contribution in [0.2, 0.25) is 0 Å². The number of benzene rings is 1. The minimum Gasteiger partial charge on any atom is -0.376 e. The normalized spacial score (nSPS) is 22.0. The van der Waals surface area contributed by atoms with Crippen LogP contribution >= 0.6 is 0 Å². The fraction of sp³-hybridized carbons (Fsp3) is 0.588. The smallest absolute Gasteiger partial charge is 0.224 e. The van der Waals surface area contributed by atoms with Gasteiger partial charge in [-0.1, -0.05) is 24.3 Å². The van der Waals surface area contributed by atoms with Gasteiger partial charge in [0.05, 0.1) is 19.1 Å². The van der Waals surface area contributed by atoms with Crippen molar-refractivity contribution in [3.05, 3.63) is 35.4 Å². The van der Waals surface area contributed by atoms with Crippen LogP contribution in [0.1, 0.15) is 36.8 Å². The monoisotopic (exact) mass is 290 g/mol. The Bertz CT molecular complexity index is 454. The molecule has 0 aliphatic heterocycles. The molecule has 2 rings (SSSR count). The van der Waals surface area contributed by atoms with E-state index in [1.807, 2.05) is 31.2 Å². The molecule has 3 N–H and O–H groups in total. The average Bonchev–Trinajstić information content (AvgIpc) is 2.48. The number of carbonyl (C=O) groups excluding carboxylic acids is 1. The Morgan fingerprint density at radius 1 is 1.29 bits per heavy atom.